The molecular formula is C25H16F6O. The monoisotopic (exact) mass is 446 g/mol. The Hall–Kier alpha value is -3.48. The highest BCUT2D eigenvalue weighted by Crippen LogP contribution is 2.36. The lowest BCUT2D eigenvalue weighted by molar-refractivity contribution is -0.276. The van der Waals surface area contributed by atoms with Crippen LogP contribution >= 0.6 is 0 Å². The molecule has 0 aliphatic rings. The molecule has 0 aromatic heterocycles. The number of benzene rings is 4. The van der Waals surface area contributed by atoms with Crippen molar-refractivity contribution in [2.45, 2.75) is 19.7 Å². The number of aryl methyl sites for hydroxylation is 1. The number of hydrogen-bond acceptors (Lipinski definition) is 1. The van der Waals surface area contributed by atoms with E-state index in [1.807, 2.05) is 13.0 Å². The molecule has 7 heteroatoms. The van der Waals surface area contributed by atoms with E-state index in [2.05, 4.69) is 4.74 Å². The minimum Gasteiger partial charge on any atom is -0.399 e. The summed E-state index contributed by atoms with van der Waals surface area (Å²) in [7, 11) is 0. The van der Waals surface area contributed by atoms with E-state index in [0.29, 0.717) is 22.3 Å². The molecular weight excluding hydrogens is 430 g/mol. The van der Waals surface area contributed by atoms with Crippen molar-refractivity contribution in [3.8, 4) is 28.0 Å². The zero-order valence-corrected chi connectivity index (χ0v) is 16.7. The molecule has 0 spiro atoms. The zero-order valence-electron chi connectivity index (χ0n) is 16.7. The molecule has 4 aromatic carbocycles. The van der Waals surface area contributed by atoms with E-state index in [0.717, 1.165) is 18.1 Å². The Morgan fingerprint density at radius 2 is 1.38 bits per heavy atom. The molecule has 0 bridgehead atoms. The Labute approximate surface area is 179 Å². The third-order valence-electron chi connectivity index (χ3n) is 5.18. The molecule has 0 heterocycles. The van der Waals surface area contributed by atoms with Gasteiger partial charge >= 0.3 is 6.36 Å². The van der Waals surface area contributed by atoms with Crippen LogP contribution in [0, 0.1) is 17.5 Å². The van der Waals surface area contributed by atoms with E-state index in [1.165, 1.54) is 24.3 Å². The summed E-state index contributed by atoms with van der Waals surface area (Å²) in [5, 5.41) is -0.124. The minimum atomic E-state index is -5.21. The molecule has 0 amide bonds. The van der Waals surface area contributed by atoms with Crippen LogP contribution in [0.25, 0.3) is 33.0 Å². The summed E-state index contributed by atoms with van der Waals surface area (Å²) in [6.07, 6.45) is -4.49. The molecule has 4 rings (SSSR count). The molecule has 0 saturated carbocycles. The normalized spacial score (nSPS) is 11.7. The molecule has 0 N–H and O–H groups in total. The Morgan fingerprint density at radius 1 is 0.719 bits per heavy atom. The number of hydrogen-bond donors (Lipinski definition) is 0. The van der Waals surface area contributed by atoms with Gasteiger partial charge in [0.15, 0.2) is 11.6 Å². The van der Waals surface area contributed by atoms with Crippen LogP contribution in [-0.2, 0) is 6.42 Å². The fourth-order valence-corrected chi connectivity index (χ4v) is 3.55. The van der Waals surface area contributed by atoms with Gasteiger partial charge < -0.3 is 4.74 Å². The maximum absolute atomic E-state index is 14.4. The van der Waals surface area contributed by atoms with Crippen LogP contribution in [0.3, 0.4) is 0 Å². The molecule has 164 valence electrons. The van der Waals surface area contributed by atoms with Gasteiger partial charge in [0.1, 0.15) is 5.82 Å². The van der Waals surface area contributed by atoms with Crippen LogP contribution in [0.15, 0.2) is 66.7 Å². The van der Waals surface area contributed by atoms with Crippen LogP contribution < -0.4 is 4.74 Å². The highest BCUT2D eigenvalue weighted by molar-refractivity contribution is 5.89. The summed E-state index contributed by atoms with van der Waals surface area (Å²) in [4.78, 5) is 0. The molecule has 1 nitrogen and oxygen atoms in total. The van der Waals surface area contributed by atoms with Gasteiger partial charge in [0.25, 0.3) is 0 Å². The van der Waals surface area contributed by atoms with Crippen molar-refractivity contribution in [2.75, 3.05) is 0 Å². The predicted octanol–water partition coefficient (Wildman–Crippen LogP) is 8.05. The van der Waals surface area contributed by atoms with Crippen molar-refractivity contribution in [1.82, 2.24) is 0 Å². The Kier molecular flexibility index (Phi) is 5.59. The first-order chi connectivity index (χ1) is 15.2. The van der Waals surface area contributed by atoms with E-state index < -0.39 is 23.7 Å². The van der Waals surface area contributed by atoms with E-state index in [1.54, 1.807) is 30.3 Å². The smallest absolute Gasteiger partial charge is 0.399 e. The molecule has 0 aliphatic heterocycles. The minimum absolute atomic E-state index is 0.0808. The van der Waals surface area contributed by atoms with Crippen LogP contribution in [0.1, 0.15) is 12.5 Å². The van der Waals surface area contributed by atoms with Crippen molar-refractivity contribution < 1.29 is 31.1 Å². The van der Waals surface area contributed by atoms with Gasteiger partial charge in [0.05, 0.1) is 0 Å². The van der Waals surface area contributed by atoms with Crippen molar-refractivity contribution >= 4 is 10.8 Å². The third-order valence-corrected chi connectivity index (χ3v) is 5.18. The first-order valence-corrected chi connectivity index (χ1v) is 9.73. The first-order valence-electron chi connectivity index (χ1n) is 9.73. The second-order valence-corrected chi connectivity index (χ2v) is 7.23. The first kappa shape index (κ1) is 21.7. The summed E-state index contributed by atoms with van der Waals surface area (Å²) < 4.78 is 83.6. The van der Waals surface area contributed by atoms with Crippen LogP contribution in [0.4, 0.5) is 26.3 Å². The number of alkyl halides is 3. The van der Waals surface area contributed by atoms with Gasteiger partial charge in [-0.15, -0.1) is 13.2 Å². The maximum Gasteiger partial charge on any atom is 0.573 e. The molecule has 0 saturated heterocycles. The van der Waals surface area contributed by atoms with E-state index in [4.69, 9.17) is 0 Å². The third kappa shape index (κ3) is 4.28. The van der Waals surface area contributed by atoms with Gasteiger partial charge in [0, 0.05) is 10.9 Å². The number of fused-ring (bicyclic) bond motifs is 1. The van der Waals surface area contributed by atoms with Crippen molar-refractivity contribution in [3.63, 3.8) is 0 Å². The quantitative estimate of drug-likeness (QED) is 0.288. The van der Waals surface area contributed by atoms with Crippen LogP contribution in [0.2, 0.25) is 0 Å². The van der Waals surface area contributed by atoms with Gasteiger partial charge in [-0.1, -0.05) is 55.5 Å². The van der Waals surface area contributed by atoms with E-state index in [9.17, 15) is 26.3 Å². The molecule has 0 atom stereocenters. The average Bonchev–Trinajstić information content (AvgIpc) is 2.75. The fourth-order valence-electron chi connectivity index (χ4n) is 3.55. The number of ether oxygens (including phenoxy) is 1. The van der Waals surface area contributed by atoms with Gasteiger partial charge in [-0.2, -0.15) is 0 Å². The Morgan fingerprint density at radius 3 is 2.00 bits per heavy atom. The highest BCUT2D eigenvalue weighted by Gasteiger charge is 2.34. The van der Waals surface area contributed by atoms with Gasteiger partial charge in [0.2, 0.25) is 5.75 Å². The van der Waals surface area contributed by atoms with Gasteiger partial charge in [-0.05, 0) is 52.3 Å². The van der Waals surface area contributed by atoms with Crippen molar-refractivity contribution in [1.29, 1.82) is 0 Å². The van der Waals surface area contributed by atoms with E-state index in [-0.39, 0.29) is 16.6 Å². The second-order valence-electron chi connectivity index (χ2n) is 7.23. The summed E-state index contributed by atoms with van der Waals surface area (Å²) in [6.45, 7) is 1.94. The highest BCUT2D eigenvalue weighted by atomic mass is 19.4. The lowest BCUT2D eigenvalue weighted by atomic mass is 9.97. The molecule has 0 unspecified atom stereocenters. The molecule has 4 aromatic rings. The molecule has 0 fully saturated rings. The number of halogens is 6. The summed E-state index contributed by atoms with van der Waals surface area (Å²) in [6, 6.07) is 17.0. The van der Waals surface area contributed by atoms with Gasteiger partial charge in [-0.25, -0.2) is 13.2 Å². The lowest BCUT2D eigenvalue weighted by Crippen LogP contribution is -2.19. The maximum atomic E-state index is 14.4. The average molecular weight is 446 g/mol. The zero-order chi connectivity index (χ0) is 23.0. The van der Waals surface area contributed by atoms with Crippen LogP contribution in [-0.4, -0.2) is 6.36 Å². The van der Waals surface area contributed by atoms with Gasteiger partial charge in [-0.3, -0.25) is 0 Å². The summed E-state index contributed by atoms with van der Waals surface area (Å²) >= 11 is 0. The standard InChI is InChI=1S/C25H16F6O/c1-2-14-3-9-19(21(26)11-14)16-6-4-15(5-7-16)17-8-10-20-18(12-17)13-22(27)24(23(20)28)32-25(29,30)31/h3-13H,2H2,1H3. The van der Waals surface area contributed by atoms with Crippen molar-refractivity contribution in [2.24, 2.45) is 0 Å². The lowest BCUT2D eigenvalue weighted by Gasteiger charge is -2.13. The van der Waals surface area contributed by atoms with E-state index >= 15 is 0 Å². The van der Waals surface area contributed by atoms with Crippen molar-refractivity contribution in [3.05, 3.63) is 89.7 Å². The summed E-state index contributed by atoms with van der Waals surface area (Å²) in [5.41, 5.74) is 3.29. The molecule has 0 aliphatic carbocycles. The fraction of sp³-hybridized carbons (Fsp3) is 0.120. The summed E-state index contributed by atoms with van der Waals surface area (Å²) in [5.74, 6) is -4.69. The molecule has 32 heavy (non-hydrogen) atoms. The largest absolute Gasteiger partial charge is 0.573 e. The Balaban J connectivity index is 1.69. The SMILES string of the molecule is CCc1ccc(-c2ccc(-c3ccc4c(F)c(OC(F)(F)F)c(F)cc4c3)cc2)c(F)c1. The topological polar surface area (TPSA) is 9.23 Å². The second kappa shape index (κ2) is 8.22. The Bertz CT molecular complexity index is 1290. The predicted molar refractivity (Wildman–Crippen MR) is 111 cm³/mol. The molecule has 0 radical (unpaired) electrons. The number of rotatable bonds is 4. The van der Waals surface area contributed by atoms with Crippen LogP contribution in [0.5, 0.6) is 5.75 Å².